The molecule has 0 saturated heterocycles. The zero-order chi connectivity index (χ0) is 9.10. The normalized spacial score (nSPS) is 27.8. The van der Waals surface area contributed by atoms with E-state index in [4.69, 9.17) is 5.73 Å². The molecule has 2 atom stereocenters. The average Bonchev–Trinajstić information content (AvgIpc) is 2.76. The first-order valence-electron chi connectivity index (χ1n) is 5.00. The van der Waals surface area contributed by atoms with E-state index in [1.54, 1.807) is 0 Å². The third-order valence-corrected chi connectivity index (χ3v) is 2.88. The van der Waals surface area contributed by atoms with Crippen molar-refractivity contribution in [3.05, 3.63) is 24.5 Å². The fourth-order valence-electron chi connectivity index (χ4n) is 2.10. The number of aromatic nitrogens is 1. The van der Waals surface area contributed by atoms with Crippen molar-refractivity contribution < 1.29 is 0 Å². The smallest absolute Gasteiger partial charge is 0.0464 e. The summed E-state index contributed by atoms with van der Waals surface area (Å²) in [6.07, 6.45) is 7.90. The highest BCUT2D eigenvalue weighted by Gasteiger charge is 2.25. The molecule has 2 rings (SSSR count). The van der Waals surface area contributed by atoms with Gasteiger partial charge < -0.3 is 11.2 Å². The Morgan fingerprint density at radius 3 is 2.77 bits per heavy atom. The van der Waals surface area contributed by atoms with Gasteiger partial charge in [0, 0.05) is 18.4 Å². The summed E-state index contributed by atoms with van der Waals surface area (Å²) in [5.74, 6) is 0.655. The molecular weight excluding hydrogens is 162 g/mol. The summed E-state index contributed by atoms with van der Waals surface area (Å²) >= 11 is 0. The van der Waals surface area contributed by atoms with Crippen molar-refractivity contribution in [2.45, 2.75) is 25.3 Å². The van der Waals surface area contributed by atoms with Crippen molar-refractivity contribution in [1.82, 2.24) is 4.68 Å². The van der Waals surface area contributed by atoms with Crippen molar-refractivity contribution in [1.29, 1.82) is 0 Å². The zero-order valence-corrected chi connectivity index (χ0v) is 7.82. The van der Waals surface area contributed by atoms with Crippen LogP contribution in [0.5, 0.6) is 0 Å². The number of nitrogens with one attached hydrogen (secondary N) is 1. The summed E-state index contributed by atoms with van der Waals surface area (Å²) in [5.41, 5.74) is 9.16. The molecule has 1 heterocycles. The van der Waals surface area contributed by atoms with Gasteiger partial charge in [0.25, 0.3) is 0 Å². The molecular formula is C10H17N3. The van der Waals surface area contributed by atoms with Crippen molar-refractivity contribution in [3.8, 4) is 0 Å². The molecule has 1 fully saturated rings. The van der Waals surface area contributed by atoms with Crippen LogP contribution < -0.4 is 11.2 Å². The van der Waals surface area contributed by atoms with Crippen molar-refractivity contribution >= 4 is 0 Å². The fourth-order valence-corrected chi connectivity index (χ4v) is 2.10. The highest BCUT2D eigenvalue weighted by atomic mass is 15.4. The van der Waals surface area contributed by atoms with Gasteiger partial charge >= 0.3 is 0 Å². The van der Waals surface area contributed by atoms with Gasteiger partial charge in [-0.2, -0.15) is 0 Å². The second kappa shape index (κ2) is 3.83. The van der Waals surface area contributed by atoms with Crippen molar-refractivity contribution in [2.24, 2.45) is 11.7 Å². The third-order valence-electron chi connectivity index (χ3n) is 2.88. The van der Waals surface area contributed by atoms with Gasteiger partial charge in [-0.25, -0.2) is 0 Å². The van der Waals surface area contributed by atoms with Crippen molar-refractivity contribution in [2.75, 3.05) is 12.0 Å². The predicted octanol–water partition coefficient (Wildman–Crippen LogP) is 1.16. The molecule has 0 spiro atoms. The SMILES string of the molecule is NCC1CCCC1Nn1cccc1. The molecule has 1 aromatic heterocycles. The molecule has 3 N–H and O–H groups in total. The molecule has 1 aliphatic rings. The molecule has 2 unspecified atom stereocenters. The van der Waals surface area contributed by atoms with E-state index in [1.165, 1.54) is 19.3 Å². The van der Waals surface area contributed by atoms with Gasteiger partial charge in [0.05, 0.1) is 0 Å². The first kappa shape index (κ1) is 8.63. The molecule has 1 saturated carbocycles. The van der Waals surface area contributed by atoms with E-state index in [0.29, 0.717) is 12.0 Å². The minimum absolute atomic E-state index is 0.567. The summed E-state index contributed by atoms with van der Waals surface area (Å²) in [5, 5.41) is 0. The lowest BCUT2D eigenvalue weighted by Gasteiger charge is -2.21. The van der Waals surface area contributed by atoms with Crippen LogP contribution in [0.2, 0.25) is 0 Å². The van der Waals surface area contributed by atoms with Crippen LogP contribution in [0, 0.1) is 5.92 Å². The van der Waals surface area contributed by atoms with Crippen molar-refractivity contribution in [3.63, 3.8) is 0 Å². The van der Waals surface area contributed by atoms with Crippen LogP contribution in [0.4, 0.5) is 0 Å². The Hall–Kier alpha value is -0.960. The Bertz CT molecular complexity index is 243. The Labute approximate surface area is 78.9 Å². The topological polar surface area (TPSA) is 43.0 Å². The maximum Gasteiger partial charge on any atom is 0.0464 e. The minimum Gasteiger partial charge on any atom is -0.330 e. The molecule has 13 heavy (non-hydrogen) atoms. The number of nitrogens with zero attached hydrogens (tertiary/aromatic N) is 1. The first-order chi connectivity index (χ1) is 6.40. The van der Waals surface area contributed by atoms with Gasteiger partial charge in [-0.1, -0.05) is 6.42 Å². The molecule has 3 nitrogen and oxygen atoms in total. The molecule has 72 valence electrons. The first-order valence-corrected chi connectivity index (χ1v) is 5.00. The average molecular weight is 179 g/mol. The second-order valence-electron chi connectivity index (χ2n) is 3.75. The lowest BCUT2D eigenvalue weighted by molar-refractivity contribution is 0.486. The molecule has 1 aromatic rings. The van der Waals surface area contributed by atoms with E-state index in [-0.39, 0.29) is 0 Å². The zero-order valence-electron chi connectivity index (χ0n) is 7.82. The van der Waals surface area contributed by atoms with Gasteiger partial charge in [0.15, 0.2) is 0 Å². The number of hydrogen-bond acceptors (Lipinski definition) is 2. The van der Waals surface area contributed by atoms with E-state index in [0.717, 1.165) is 6.54 Å². The van der Waals surface area contributed by atoms with Gasteiger partial charge in [0.2, 0.25) is 0 Å². The van der Waals surface area contributed by atoms with E-state index < -0.39 is 0 Å². The van der Waals surface area contributed by atoms with Gasteiger partial charge in [-0.05, 0) is 37.4 Å². The maximum absolute atomic E-state index is 5.70. The van der Waals surface area contributed by atoms with Gasteiger partial charge in [-0.3, -0.25) is 4.68 Å². The fraction of sp³-hybridized carbons (Fsp3) is 0.600. The number of nitrogens with two attached hydrogens (primary N) is 1. The monoisotopic (exact) mass is 179 g/mol. The van der Waals surface area contributed by atoms with Gasteiger partial charge in [-0.15, -0.1) is 0 Å². The largest absolute Gasteiger partial charge is 0.330 e. The molecule has 0 bridgehead atoms. The van der Waals surface area contributed by atoms with Crippen LogP contribution >= 0.6 is 0 Å². The predicted molar refractivity (Wildman–Crippen MR) is 54.0 cm³/mol. The van der Waals surface area contributed by atoms with Crippen LogP contribution in [0.3, 0.4) is 0 Å². The number of rotatable bonds is 3. The van der Waals surface area contributed by atoms with Crippen LogP contribution in [-0.2, 0) is 0 Å². The van der Waals surface area contributed by atoms with Crippen LogP contribution in [0.25, 0.3) is 0 Å². The molecule has 3 heteroatoms. The van der Waals surface area contributed by atoms with E-state index in [1.807, 2.05) is 29.2 Å². The Kier molecular flexibility index (Phi) is 2.54. The second-order valence-corrected chi connectivity index (χ2v) is 3.75. The Balaban J connectivity index is 1.94. The molecule has 0 amide bonds. The minimum atomic E-state index is 0.567. The maximum atomic E-state index is 5.70. The molecule has 0 radical (unpaired) electrons. The molecule has 0 aromatic carbocycles. The van der Waals surface area contributed by atoms with Crippen LogP contribution in [0.15, 0.2) is 24.5 Å². The van der Waals surface area contributed by atoms with Gasteiger partial charge in [0.1, 0.15) is 0 Å². The van der Waals surface area contributed by atoms with Crippen LogP contribution in [0.1, 0.15) is 19.3 Å². The lowest BCUT2D eigenvalue weighted by atomic mass is 10.1. The van der Waals surface area contributed by atoms with Crippen LogP contribution in [-0.4, -0.2) is 17.3 Å². The Morgan fingerprint density at radius 2 is 2.08 bits per heavy atom. The summed E-state index contributed by atoms with van der Waals surface area (Å²) in [6, 6.07) is 4.62. The Morgan fingerprint density at radius 1 is 1.31 bits per heavy atom. The highest BCUT2D eigenvalue weighted by Crippen LogP contribution is 2.25. The summed E-state index contributed by atoms with van der Waals surface area (Å²) in [7, 11) is 0. The molecule has 1 aliphatic carbocycles. The summed E-state index contributed by atoms with van der Waals surface area (Å²) in [4.78, 5) is 0. The van der Waals surface area contributed by atoms with E-state index >= 15 is 0 Å². The standard InChI is InChI=1S/C10H17N3/c11-8-9-4-3-5-10(9)12-13-6-1-2-7-13/h1-2,6-7,9-10,12H,3-5,8,11H2. The van der Waals surface area contributed by atoms with E-state index in [2.05, 4.69) is 5.43 Å². The third kappa shape index (κ3) is 1.86. The quantitative estimate of drug-likeness (QED) is 0.731. The number of hydrogen-bond donors (Lipinski definition) is 2. The highest BCUT2D eigenvalue weighted by molar-refractivity contribution is 4.98. The summed E-state index contributed by atoms with van der Waals surface area (Å²) in [6.45, 7) is 0.804. The molecule has 0 aliphatic heterocycles. The summed E-state index contributed by atoms with van der Waals surface area (Å²) < 4.78 is 2.03. The lowest BCUT2D eigenvalue weighted by Crippen LogP contribution is -2.33. The van der Waals surface area contributed by atoms with E-state index in [9.17, 15) is 0 Å².